The normalized spacial score (nSPS) is 10.3. The van der Waals surface area contributed by atoms with E-state index >= 15 is 0 Å². The molecule has 0 fully saturated rings. The summed E-state index contributed by atoms with van der Waals surface area (Å²) in [6.07, 6.45) is 0.679. The van der Waals surface area contributed by atoms with E-state index in [1.54, 1.807) is 19.6 Å². The Hall–Kier alpha value is -1.88. The van der Waals surface area contributed by atoms with Gasteiger partial charge in [0.05, 0.1) is 19.2 Å². The zero-order valence-electron chi connectivity index (χ0n) is 11.1. The second-order valence-corrected chi connectivity index (χ2v) is 4.99. The van der Waals surface area contributed by atoms with Crippen LogP contribution >= 0.6 is 11.3 Å². The van der Waals surface area contributed by atoms with Crippen LogP contribution in [0.2, 0.25) is 0 Å². The molecule has 0 amide bonds. The highest BCUT2D eigenvalue weighted by atomic mass is 32.1. The first kappa shape index (κ1) is 13.5. The van der Waals surface area contributed by atoms with Gasteiger partial charge in [0.25, 0.3) is 0 Å². The van der Waals surface area contributed by atoms with E-state index in [1.165, 1.54) is 18.3 Å². The molecule has 0 atom stereocenters. The van der Waals surface area contributed by atoms with E-state index in [0.29, 0.717) is 23.6 Å². The van der Waals surface area contributed by atoms with Crippen LogP contribution in [0.25, 0.3) is 0 Å². The first-order valence-electron chi connectivity index (χ1n) is 5.80. The Morgan fingerprint density at radius 2 is 2.00 bits per heavy atom. The minimum atomic E-state index is -0.00480. The van der Waals surface area contributed by atoms with Crippen molar-refractivity contribution >= 4 is 17.1 Å². The highest BCUT2D eigenvalue weighted by Crippen LogP contribution is 2.28. The van der Waals surface area contributed by atoms with Crippen molar-refractivity contribution in [3.05, 3.63) is 39.8 Å². The van der Waals surface area contributed by atoms with E-state index in [1.807, 2.05) is 18.2 Å². The van der Waals surface area contributed by atoms with Crippen LogP contribution in [0, 0.1) is 0 Å². The third-order valence-corrected chi connectivity index (χ3v) is 3.56. The average Bonchev–Trinajstić information content (AvgIpc) is 2.87. The van der Waals surface area contributed by atoms with Crippen LogP contribution in [-0.2, 0) is 6.42 Å². The van der Waals surface area contributed by atoms with Gasteiger partial charge in [-0.2, -0.15) is 0 Å². The van der Waals surface area contributed by atoms with Crippen molar-refractivity contribution in [2.45, 2.75) is 13.3 Å². The maximum absolute atomic E-state index is 11.2. The van der Waals surface area contributed by atoms with E-state index in [-0.39, 0.29) is 5.78 Å². The molecule has 0 aliphatic rings. The lowest BCUT2D eigenvalue weighted by molar-refractivity contribution is 0.101. The fraction of sp³-hybridized carbons (Fsp3) is 0.286. The van der Waals surface area contributed by atoms with Crippen LogP contribution in [0.15, 0.2) is 23.6 Å². The SMILES string of the molecule is COc1ccc(Cc2nc(C(C)=O)cs2)cc1OC. The van der Waals surface area contributed by atoms with Crippen LogP contribution in [0.1, 0.15) is 28.0 Å². The van der Waals surface area contributed by atoms with Crippen molar-refractivity contribution in [3.8, 4) is 11.5 Å². The number of hydrogen-bond acceptors (Lipinski definition) is 5. The van der Waals surface area contributed by atoms with Gasteiger partial charge in [0.2, 0.25) is 0 Å². The van der Waals surface area contributed by atoms with E-state index < -0.39 is 0 Å². The Balaban J connectivity index is 2.20. The monoisotopic (exact) mass is 277 g/mol. The molecule has 4 nitrogen and oxygen atoms in total. The van der Waals surface area contributed by atoms with E-state index in [9.17, 15) is 4.79 Å². The third kappa shape index (κ3) is 3.12. The molecular formula is C14H15NO3S. The summed E-state index contributed by atoms with van der Waals surface area (Å²) < 4.78 is 10.5. The molecule has 0 spiro atoms. The lowest BCUT2D eigenvalue weighted by atomic mass is 10.1. The molecule has 19 heavy (non-hydrogen) atoms. The highest BCUT2D eigenvalue weighted by Gasteiger charge is 2.09. The molecule has 0 aliphatic heterocycles. The number of aromatic nitrogens is 1. The first-order valence-corrected chi connectivity index (χ1v) is 6.68. The van der Waals surface area contributed by atoms with E-state index in [0.717, 1.165) is 10.6 Å². The summed E-state index contributed by atoms with van der Waals surface area (Å²) >= 11 is 1.49. The fourth-order valence-electron chi connectivity index (χ4n) is 1.72. The topological polar surface area (TPSA) is 48.4 Å². The van der Waals surface area contributed by atoms with Crippen LogP contribution < -0.4 is 9.47 Å². The average molecular weight is 277 g/mol. The summed E-state index contributed by atoms with van der Waals surface area (Å²) in [5.41, 5.74) is 1.60. The minimum absolute atomic E-state index is 0.00480. The molecule has 0 radical (unpaired) electrons. The van der Waals surface area contributed by atoms with Crippen molar-refractivity contribution in [3.63, 3.8) is 0 Å². The van der Waals surface area contributed by atoms with Crippen LogP contribution in [0.4, 0.5) is 0 Å². The molecule has 0 N–H and O–H groups in total. The number of carbonyl (C=O) groups excluding carboxylic acids is 1. The molecule has 2 aromatic rings. The molecule has 2 rings (SSSR count). The molecule has 0 bridgehead atoms. The van der Waals surface area contributed by atoms with Gasteiger partial charge in [-0.1, -0.05) is 6.07 Å². The molecular weight excluding hydrogens is 262 g/mol. The van der Waals surface area contributed by atoms with Crippen molar-refractivity contribution in [2.24, 2.45) is 0 Å². The van der Waals surface area contributed by atoms with E-state index in [4.69, 9.17) is 9.47 Å². The minimum Gasteiger partial charge on any atom is -0.493 e. The second kappa shape index (κ2) is 5.84. The number of hydrogen-bond donors (Lipinski definition) is 0. The Morgan fingerprint density at radius 1 is 1.26 bits per heavy atom. The van der Waals surface area contributed by atoms with Crippen LogP contribution in [0.5, 0.6) is 11.5 Å². The standard InChI is InChI=1S/C14H15NO3S/c1-9(16)11-8-19-14(15-11)7-10-4-5-12(17-2)13(6-10)18-3/h4-6,8H,7H2,1-3H3. The number of ether oxygens (including phenoxy) is 2. The zero-order valence-corrected chi connectivity index (χ0v) is 11.9. The molecule has 0 saturated heterocycles. The first-order chi connectivity index (χ1) is 9.13. The van der Waals surface area contributed by atoms with Crippen molar-refractivity contribution in [1.29, 1.82) is 0 Å². The number of nitrogens with zero attached hydrogens (tertiary/aromatic N) is 1. The van der Waals surface area contributed by atoms with Crippen molar-refractivity contribution in [2.75, 3.05) is 14.2 Å². The maximum atomic E-state index is 11.2. The summed E-state index contributed by atoms with van der Waals surface area (Å²) in [7, 11) is 3.22. The van der Waals surface area contributed by atoms with Gasteiger partial charge in [-0.05, 0) is 17.7 Å². The van der Waals surface area contributed by atoms with Gasteiger partial charge in [-0.15, -0.1) is 11.3 Å². The molecule has 100 valence electrons. The smallest absolute Gasteiger partial charge is 0.178 e. The number of thiazole rings is 1. The Morgan fingerprint density at radius 3 is 2.58 bits per heavy atom. The fourth-order valence-corrected chi connectivity index (χ4v) is 2.59. The number of rotatable bonds is 5. The van der Waals surface area contributed by atoms with Gasteiger partial charge < -0.3 is 9.47 Å². The lowest BCUT2D eigenvalue weighted by Gasteiger charge is -2.08. The number of ketones is 1. The summed E-state index contributed by atoms with van der Waals surface area (Å²) in [5.74, 6) is 1.40. The van der Waals surface area contributed by atoms with Gasteiger partial charge in [-0.25, -0.2) is 4.98 Å². The van der Waals surface area contributed by atoms with Gasteiger partial charge in [0.15, 0.2) is 17.3 Å². The number of methoxy groups -OCH3 is 2. The predicted octanol–water partition coefficient (Wildman–Crippen LogP) is 2.95. The summed E-state index contributed by atoms with van der Waals surface area (Å²) in [4.78, 5) is 15.5. The predicted molar refractivity (Wildman–Crippen MR) is 74.5 cm³/mol. The molecule has 0 unspecified atom stereocenters. The van der Waals surface area contributed by atoms with Crippen molar-refractivity contribution < 1.29 is 14.3 Å². The van der Waals surface area contributed by atoms with Gasteiger partial charge in [0, 0.05) is 18.7 Å². The van der Waals surface area contributed by atoms with Crippen LogP contribution in [-0.4, -0.2) is 25.0 Å². The number of Topliss-reactive ketones (excluding diaryl/α,β-unsaturated/α-hetero) is 1. The molecule has 1 heterocycles. The number of benzene rings is 1. The van der Waals surface area contributed by atoms with Gasteiger partial charge in [0.1, 0.15) is 5.69 Å². The molecule has 0 saturated carbocycles. The van der Waals surface area contributed by atoms with E-state index in [2.05, 4.69) is 4.98 Å². The summed E-state index contributed by atoms with van der Waals surface area (Å²) in [6, 6.07) is 5.76. The highest BCUT2D eigenvalue weighted by molar-refractivity contribution is 7.09. The molecule has 0 aliphatic carbocycles. The second-order valence-electron chi connectivity index (χ2n) is 4.05. The van der Waals surface area contributed by atoms with Crippen molar-refractivity contribution in [1.82, 2.24) is 4.98 Å². The van der Waals surface area contributed by atoms with Crippen LogP contribution in [0.3, 0.4) is 0 Å². The summed E-state index contributed by atoms with van der Waals surface area (Å²) in [6.45, 7) is 1.52. The van der Waals surface area contributed by atoms with Gasteiger partial charge >= 0.3 is 0 Å². The maximum Gasteiger partial charge on any atom is 0.178 e. The molecule has 1 aromatic carbocycles. The number of carbonyl (C=O) groups is 1. The lowest BCUT2D eigenvalue weighted by Crippen LogP contribution is -1.95. The zero-order chi connectivity index (χ0) is 13.8. The summed E-state index contributed by atoms with van der Waals surface area (Å²) in [5, 5.41) is 2.70. The largest absolute Gasteiger partial charge is 0.493 e. The Labute approximate surface area is 116 Å². The third-order valence-electron chi connectivity index (χ3n) is 2.72. The molecule has 1 aromatic heterocycles. The molecule has 5 heteroatoms. The quantitative estimate of drug-likeness (QED) is 0.788. The Kier molecular flexibility index (Phi) is 4.16. The van der Waals surface area contributed by atoms with Gasteiger partial charge in [-0.3, -0.25) is 4.79 Å². The Bertz CT molecular complexity index is 592.